The van der Waals surface area contributed by atoms with Gasteiger partial charge in [-0.15, -0.1) is 0 Å². The smallest absolute Gasteiger partial charge is 0.269 e. The number of thiocarbonyl (C=S) groups is 1. The van der Waals surface area contributed by atoms with Crippen molar-refractivity contribution in [2.45, 2.75) is 19.4 Å². The van der Waals surface area contributed by atoms with Crippen molar-refractivity contribution in [3.63, 3.8) is 0 Å². The average molecular weight is 279 g/mol. The van der Waals surface area contributed by atoms with E-state index in [9.17, 15) is 4.79 Å². The number of hydrogen-bond donors (Lipinski definition) is 2. The number of nitrogens with one attached hydrogen (secondary N) is 1. The number of pyridine rings is 1. The molecule has 2 atom stereocenters. The summed E-state index contributed by atoms with van der Waals surface area (Å²) in [4.78, 5) is 16.2. The predicted octanol–water partition coefficient (Wildman–Crippen LogP) is 0.871. The van der Waals surface area contributed by atoms with E-state index < -0.39 is 0 Å². The molecule has 0 bridgehead atoms. The van der Waals surface area contributed by atoms with Gasteiger partial charge in [-0.1, -0.05) is 12.2 Å². The summed E-state index contributed by atoms with van der Waals surface area (Å²) in [6, 6.07) is 3.32. The third-order valence-corrected chi connectivity index (χ3v) is 3.57. The lowest BCUT2D eigenvalue weighted by molar-refractivity contribution is 0.0903. The zero-order valence-corrected chi connectivity index (χ0v) is 11.6. The van der Waals surface area contributed by atoms with E-state index in [0.29, 0.717) is 23.7 Å². The lowest BCUT2D eigenvalue weighted by Gasteiger charge is -2.14. The molecule has 1 aromatic heterocycles. The quantitative estimate of drug-likeness (QED) is 0.800. The van der Waals surface area contributed by atoms with Crippen molar-refractivity contribution in [2.24, 2.45) is 11.7 Å². The normalized spacial score (nSPS) is 22.2. The topological polar surface area (TPSA) is 77.2 Å². The van der Waals surface area contributed by atoms with Gasteiger partial charge in [-0.2, -0.15) is 0 Å². The minimum atomic E-state index is -0.186. The summed E-state index contributed by atoms with van der Waals surface area (Å²) < 4.78 is 5.45. The second-order valence-electron chi connectivity index (χ2n) is 4.63. The van der Waals surface area contributed by atoms with Crippen LogP contribution in [0.5, 0.6) is 0 Å². The molecule has 2 unspecified atom stereocenters. The van der Waals surface area contributed by atoms with Gasteiger partial charge in [0.25, 0.3) is 5.91 Å². The van der Waals surface area contributed by atoms with Crippen LogP contribution < -0.4 is 11.1 Å². The number of hydrogen-bond acceptors (Lipinski definition) is 4. The van der Waals surface area contributed by atoms with Crippen molar-refractivity contribution >= 4 is 23.1 Å². The monoisotopic (exact) mass is 279 g/mol. The zero-order chi connectivity index (χ0) is 13.8. The van der Waals surface area contributed by atoms with E-state index in [0.717, 1.165) is 13.0 Å². The molecule has 102 valence electrons. The number of nitrogens with zero attached hydrogens (tertiary/aromatic N) is 1. The number of aromatic nitrogens is 1. The molecule has 6 heteroatoms. The summed E-state index contributed by atoms with van der Waals surface area (Å²) in [5.74, 6) is 0.188. The molecule has 0 aromatic carbocycles. The van der Waals surface area contributed by atoms with E-state index in [4.69, 9.17) is 22.7 Å². The van der Waals surface area contributed by atoms with Gasteiger partial charge in [0, 0.05) is 30.8 Å². The van der Waals surface area contributed by atoms with Crippen molar-refractivity contribution in [2.75, 3.05) is 13.2 Å². The molecule has 0 radical (unpaired) electrons. The van der Waals surface area contributed by atoms with Gasteiger partial charge in [0.1, 0.15) is 10.7 Å². The van der Waals surface area contributed by atoms with Crippen LogP contribution in [0.1, 0.15) is 29.4 Å². The second kappa shape index (κ2) is 6.08. The molecule has 1 amide bonds. The zero-order valence-electron chi connectivity index (χ0n) is 10.8. The molecular formula is C13H17N3O2S. The van der Waals surface area contributed by atoms with E-state index in [1.807, 2.05) is 6.92 Å². The molecule has 1 aliphatic rings. The number of rotatable bonds is 4. The summed E-state index contributed by atoms with van der Waals surface area (Å²) in [6.45, 7) is 3.40. The van der Waals surface area contributed by atoms with Crippen molar-refractivity contribution < 1.29 is 9.53 Å². The van der Waals surface area contributed by atoms with E-state index in [1.54, 1.807) is 12.1 Å². The lowest BCUT2D eigenvalue weighted by Crippen LogP contribution is -2.32. The lowest BCUT2D eigenvalue weighted by atomic mass is 10.0. The SMILES string of the molecule is CC1OCCC1CNC(=O)c1ccc(C(N)=S)cn1. The van der Waals surface area contributed by atoms with Crippen LogP contribution in [-0.2, 0) is 4.74 Å². The number of carbonyl (C=O) groups excluding carboxylic acids is 1. The maximum absolute atomic E-state index is 11.9. The molecule has 0 saturated carbocycles. The first kappa shape index (κ1) is 13.9. The van der Waals surface area contributed by atoms with Gasteiger partial charge in [-0.25, -0.2) is 0 Å². The van der Waals surface area contributed by atoms with Crippen LogP contribution in [0.25, 0.3) is 0 Å². The highest BCUT2D eigenvalue weighted by Crippen LogP contribution is 2.19. The Bertz CT molecular complexity index is 475. The first-order chi connectivity index (χ1) is 9.08. The molecule has 1 aromatic rings. The second-order valence-corrected chi connectivity index (χ2v) is 5.07. The van der Waals surface area contributed by atoms with Gasteiger partial charge in [0.15, 0.2) is 0 Å². The van der Waals surface area contributed by atoms with Crippen LogP contribution in [0.15, 0.2) is 18.3 Å². The Balaban J connectivity index is 1.90. The molecule has 5 nitrogen and oxygen atoms in total. The highest BCUT2D eigenvalue weighted by atomic mass is 32.1. The first-order valence-corrected chi connectivity index (χ1v) is 6.64. The minimum Gasteiger partial charge on any atom is -0.389 e. The van der Waals surface area contributed by atoms with Crippen LogP contribution in [0.2, 0.25) is 0 Å². The minimum absolute atomic E-state index is 0.186. The Morgan fingerprint density at radius 3 is 2.95 bits per heavy atom. The van der Waals surface area contributed by atoms with Crippen LogP contribution in [-0.4, -0.2) is 35.1 Å². The third-order valence-electron chi connectivity index (χ3n) is 3.34. The molecule has 0 aliphatic carbocycles. The fourth-order valence-electron chi connectivity index (χ4n) is 2.03. The van der Waals surface area contributed by atoms with Gasteiger partial charge in [-0.05, 0) is 25.5 Å². The van der Waals surface area contributed by atoms with Crippen molar-refractivity contribution in [3.8, 4) is 0 Å². The predicted molar refractivity (Wildman–Crippen MR) is 76.0 cm³/mol. The summed E-state index contributed by atoms with van der Waals surface area (Å²) in [6.07, 6.45) is 2.69. The Morgan fingerprint density at radius 2 is 2.42 bits per heavy atom. The number of ether oxygens (including phenoxy) is 1. The van der Waals surface area contributed by atoms with Crippen LogP contribution >= 0.6 is 12.2 Å². The Labute approximate surface area is 117 Å². The summed E-state index contributed by atoms with van der Waals surface area (Å²) in [7, 11) is 0. The van der Waals surface area contributed by atoms with E-state index in [1.165, 1.54) is 6.20 Å². The largest absolute Gasteiger partial charge is 0.389 e. The Hall–Kier alpha value is -1.53. The van der Waals surface area contributed by atoms with Gasteiger partial charge < -0.3 is 15.8 Å². The Morgan fingerprint density at radius 1 is 1.63 bits per heavy atom. The highest BCUT2D eigenvalue weighted by molar-refractivity contribution is 7.80. The van der Waals surface area contributed by atoms with Crippen LogP contribution in [0, 0.1) is 5.92 Å². The fourth-order valence-corrected chi connectivity index (χ4v) is 2.15. The first-order valence-electron chi connectivity index (χ1n) is 6.23. The number of nitrogens with two attached hydrogens (primary N) is 1. The fraction of sp³-hybridized carbons (Fsp3) is 0.462. The molecule has 2 rings (SSSR count). The molecule has 2 heterocycles. The van der Waals surface area contributed by atoms with Crippen molar-refractivity contribution in [3.05, 3.63) is 29.6 Å². The molecular weight excluding hydrogens is 262 g/mol. The van der Waals surface area contributed by atoms with Crippen LogP contribution in [0.4, 0.5) is 0 Å². The number of amides is 1. The summed E-state index contributed by atoms with van der Waals surface area (Å²) in [5.41, 5.74) is 6.50. The Kier molecular flexibility index (Phi) is 4.44. The standard InChI is InChI=1S/C13H17N3O2S/c1-8-9(4-5-18-8)6-16-13(17)11-3-2-10(7-15-11)12(14)19/h2-3,7-9H,4-6H2,1H3,(H2,14,19)(H,16,17). The van der Waals surface area contributed by atoms with Gasteiger partial charge in [0.05, 0.1) is 6.10 Å². The summed E-state index contributed by atoms with van der Waals surface area (Å²) in [5, 5.41) is 2.87. The van der Waals surface area contributed by atoms with E-state index in [-0.39, 0.29) is 17.0 Å². The summed E-state index contributed by atoms with van der Waals surface area (Å²) >= 11 is 4.83. The van der Waals surface area contributed by atoms with Gasteiger partial charge in [0.2, 0.25) is 0 Å². The van der Waals surface area contributed by atoms with E-state index in [2.05, 4.69) is 10.3 Å². The molecule has 1 fully saturated rings. The van der Waals surface area contributed by atoms with Crippen molar-refractivity contribution in [1.82, 2.24) is 10.3 Å². The highest BCUT2D eigenvalue weighted by Gasteiger charge is 2.24. The third kappa shape index (κ3) is 3.48. The molecule has 19 heavy (non-hydrogen) atoms. The van der Waals surface area contributed by atoms with Crippen molar-refractivity contribution in [1.29, 1.82) is 0 Å². The average Bonchev–Trinajstić information content (AvgIpc) is 2.81. The molecule has 0 spiro atoms. The molecule has 1 saturated heterocycles. The maximum Gasteiger partial charge on any atom is 0.269 e. The van der Waals surface area contributed by atoms with Gasteiger partial charge >= 0.3 is 0 Å². The maximum atomic E-state index is 11.9. The number of carbonyl (C=O) groups is 1. The van der Waals surface area contributed by atoms with Crippen LogP contribution in [0.3, 0.4) is 0 Å². The van der Waals surface area contributed by atoms with Gasteiger partial charge in [-0.3, -0.25) is 9.78 Å². The molecule has 3 N–H and O–H groups in total. The van der Waals surface area contributed by atoms with E-state index >= 15 is 0 Å². The molecule has 1 aliphatic heterocycles.